The third-order valence-corrected chi connectivity index (χ3v) is 6.14. The monoisotopic (exact) mass is 435 g/mol. The van der Waals surface area contributed by atoms with Gasteiger partial charge in [0.2, 0.25) is 10.0 Å². The summed E-state index contributed by atoms with van der Waals surface area (Å²) in [6.45, 7) is 0. The number of amides is 1. The molecule has 2 N–H and O–H groups in total. The third kappa shape index (κ3) is 4.29. The third-order valence-electron chi connectivity index (χ3n) is 4.62. The lowest BCUT2D eigenvalue weighted by atomic mass is 10.1. The van der Waals surface area contributed by atoms with Gasteiger partial charge in [-0.1, -0.05) is 12.1 Å². The molecule has 1 aromatic heterocycles. The molecule has 0 saturated heterocycles. The Balaban J connectivity index is 1.61. The number of carbonyl (C=O) groups excluding carboxylic acids is 1. The Morgan fingerprint density at radius 3 is 2.53 bits per heavy atom. The van der Waals surface area contributed by atoms with E-state index < -0.39 is 27.7 Å². The van der Waals surface area contributed by atoms with Crippen molar-refractivity contribution in [1.29, 1.82) is 0 Å². The van der Waals surface area contributed by atoms with Gasteiger partial charge >= 0.3 is 6.18 Å². The van der Waals surface area contributed by atoms with Gasteiger partial charge in [-0.25, -0.2) is 13.1 Å². The first-order valence-electron chi connectivity index (χ1n) is 9.03. The molecule has 1 aliphatic rings. The molecule has 0 aliphatic heterocycles. The summed E-state index contributed by atoms with van der Waals surface area (Å²) in [5.74, 6) is -0.592. The molecule has 0 bridgehead atoms. The summed E-state index contributed by atoms with van der Waals surface area (Å²) in [7, 11) is -3.73. The van der Waals surface area contributed by atoms with Crippen LogP contribution in [0.4, 0.5) is 18.9 Å². The summed E-state index contributed by atoms with van der Waals surface area (Å²) in [4.78, 5) is 16.6. The number of alkyl halides is 3. The average molecular weight is 435 g/mol. The number of benzene rings is 2. The van der Waals surface area contributed by atoms with Gasteiger partial charge in [0.25, 0.3) is 5.91 Å². The first-order chi connectivity index (χ1) is 14.1. The highest BCUT2D eigenvalue weighted by Crippen LogP contribution is 2.32. The number of halogens is 3. The molecule has 1 amide bonds. The zero-order valence-corrected chi connectivity index (χ0v) is 16.2. The van der Waals surface area contributed by atoms with Gasteiger partial charge in [0, 0.05) is 23.2 Å². The zero-order chi connectivity index (χ0) is 21.5. The normalized spacial score (nSPS) is 14.6. The molecule has 3 aromatic rings. The minimum Gasteiger partial charge on any atom is -0.321 e. The van der Waals surface area contributed by atoms with Crippen molar-refractivity contribution in [1.82, 2.24) is 9.71 Å². The lowest BCUT2D eigenvalue weighted by Gasteiger charge is -2.12. The largest absolute Gasteiger partial charge is 0.416 e. The molecule has 4 rings (SSSR count). The van der Waals surface area contributed by atoms with Crippen molar-refractivity contribution in [3.63, 3.8) is 0 Å². The summed E-state index contributed by atoms with van der Waals surface area (Å²) in [5.41, 5.74) is -0.395. The fourth-order valence-corrected chi connectivity index (χ4v) is 4.27. The topological polar surface area (TPSA) is 88.2 Å². The highest BCUT2D eigenvalue weighted by molar-refractivity contribution is 7.89. The summed E-state index contributed by atoms with van der Waals surface area (Å²) in [6, 6.07) is 10.00. The predicted octanol–water partition coefficient (Wildman–Crippen LogP) is 3.95. The lowest BCUT2D eigenvalue weighted by Crippen LogP contribution is -2.26. The van der Waals surface area contributed by atoms with Gasteiger partial charge in [0.1, 0.15) is 0 Å². The molecule has 1 saturated carbocycles. The van der Waals surface area contributed by atoms with E-state index in [1.54, 1.807) is 0 Å². The van der Waals surface area contributed by atoms with E-state index in [0.29, 0.717) is 5.39 Å². The van der Waals surface area contributed by atoms with Gasteiger partial charge < -0.3 is 5.32 Å². The SMILES string of the molecule is O=C(Nc1ccnc2cc(C(F)(F)F)ccc12)c1cccc(S(=O)(=O)NC2CC2)c1. The number of pyridine rings is 1. The van der Waals surface area contributed by atoms with E-state index in [1.807, 2.05) is 0 Å². The van der Waals surface area contributed by atoms with Gasteiger partial charge in [0.05, 0.1) is 21.7 Å². The second-order valence-electron chi connectivity index (χ2n) is 6.97. The number of aromatic nitrogens is 1. The second kappa shape index (κ2) is 7.37. The number of rotatable bonds is 5. The number of hydrogen-bond acceptors (Lipinski definition) is 4. The summed E-state index contributed by atoms with van der Waals surface area (Å²) >= 11 is 0. The van der Waals surface area contributed by atoms with E-state index in [-0.39, 0.29) is 27.7 Å². The van der Waals surface area contributed by atoms with Crippen LogP contribution in [0.25, 0.3) is 10.9 Å². The first kappa shape index (κ1) is 20.3. The molecule has 6 nitrogen and oxygen atoms in total. The van der Waals surface area contributed by atoms with Crippen LogP contribution >= 0.6 is 0 Å². The van der Waals surface area contributed by atoms with Gasteiger partial charge in [-0.2, -0.15) is 13.2 Å². The maximum Gasteiger partial charge on any atom is 0.416 e. The maximum absolute atomic E-state index is 12.9. The maximum atomic E-state index is 12.9. The number of fused-ring (bicyclic) bond motifs is 1. The van der Waals surface area contributed by atoms with Crippen LogP contribution in [0, 0.1) is 0 Å². The van der Waals surface area contributed by atoms with Crippen LogP contribution in [0.5, 0.6) is 0 Å². The minimum absolute atomic E-state index is 0.0311. The molecule has 1 fully saturated rings. The molecule has 0 unspecified atom stereocenters. The highest BCUT2D eigenvalue weighted by Gasteiger charge is 2.31. The van der Waals surface area contributed by atoms with Crippen molar-refractivity contribution in [2.75, 3.05) is 5.32 Å². The Kier molecular flexibility index (Phi) is 4.99. The molecule has 0 radical (unpaired) electrons. The molecule has 10 heteroatoms. The Hall–Kier alpha value is -2.98. The molecule has 0 atom stereocenters. The van der Waals surface area contributed by atoms with Gasteiger partial charge in [0.15, 0.2) is 0 Å². The number of sulfonamides is 1. The zero-order valence-electron chi connectivity index (χ0n) is 15.4. The Morgan fingerprint density at radius 2 is 1.83 bits per heavy atom. The van der Waals surface area contributed by atoms with E-state index in [9.17, 15) is 26.4 Å². The number of nitrogens with one attached hydrogen (secondary N) is 2. The molecule has 156 valence electrons. The smallest absolute Gasteiger partial charge is 0.321 e. The van der Waals surface area contributed by atoms with Crippen molar-refractivity contribution in [2.45, 2.75) is 30.0 Å². The van der Waals surface area contributed by atoms with E-state index >= 15 is 0 Å². The second-order valence-corrected chi connectivity index (χ2v) is 8.68. The fourth-order valence-electron chi connectivity index (χ4n) is 2.92. The quantitative estimate of drug-likeness (QED) is 0.635. The number of carbonyl (C=O) groups is 1. The number of anilines is 1. The van der Waals surface area contributed by atoms with Crippen molar-refractivity contribution >= 4 is 32.5 Å². The van der Waals surface area contributed by atoms with Gasteiger partial charge in [-0.3, -0.25) is 9.78 Å². The van der Waals surface area contributed by atoms with Gasteiger partial charge in [-0.05, 0) is 49.2 Å². The van der Waals surface area contributed by atoms with Crippen molar-refractivity contribution in [3.05, 3.63) is 65.9 Å². The molecule has 1 heterocycles. The molecular weight excluding hydrogens is 419 g/mol. The van der Waals surface area contributed by atoms with Crippen molar-refractivity contribution in [3.8, 4) is 0 Å². The molecule has 1 aliphatic carbocycles. The summed E-state index contributed by atoms with van der Waals surface area (Å²) < 4.78 is 66.0. The van der Waals surface area contributed by atoms with Crippen LogP contribution in [0.2, 0.25) is 0 Å². The molecular formula is C20H16F3N3O3S. The van der Waals surface area contributed by atoms with Crippen LogP contribution in [0.1, 0.15) is 28.8 Å². The first-order valence-corrected chi connectivity index (χ1v) is 10.5. The minimum atomic E-state index is -4.50. The van der Waals surface area contributed by atoms with E-state index in [0.717, 1.165) is 25.0 Å². The number of hydrogen-bond donors (Lipinski definition) is 2. The predicted molar refractivity (Wildman–Crippen MR) is 104 cm³/mol. The van der Waals surface area contributed by atoms with Crippen LogP contribution in [-0.2, 0) is 16.2 Å². The fraction of sp³-hybridized carbons (Fsp3) is 0.200. The average Bonchev–Trinajstić information content (AvgIpc) is 3.50. The molecule has 2 aromatic carbocycles. The number of nitrogens with zero attached hydrogens (tertiary/aromatic N) is 1. The Morgan fingerprint density at radius 1 is 1.07 bits per heavy atom. The molecule has 30 heavy (non-hydrogen) atoms. The Labute approximate surface area is 170 Å². The van der Waals surface area contributed by atoms with Crippen LogP contribution in [-0.4, -0.2) is 25.4 Å². The molecule has 0 spiro atoms. The summed E-state index contributed by atoms with van der Waals surface area (Å²) in [6.07, 6.45) is -1.65. The lowest BCUT2D eigenvalue weighted by molar-refractivity contribution is -0.137. The van der Waals surface area contributed by atoms with Crippen LogP contribution < -0.4 is 10.0 Å². The van der Waals surface area contributed by atoms with Gasteiger partial charge in [-0.15, -0.1) is 0 Å². The Bertz CT molecular complexity index is 1240. The van der Waals surface area contributed by atoms with E-state index in [4.69, 9.17) is 0 Å². The highest BCUT2D eigenvalue weighted by atomic mass is 32.2. The van der Waals surface area contributed by atoms with Crippen molar-refractivity contribution in [2.24, 2.45) is 0 Å². The van der Waals surface area contributed by atoms with Crippen LogP contribution in [0.15, 0.2) is 59.6 Å². The standard InChI is InChI=1S/C20H16F3N3O3S/c21-20(22,23)13-4-7-16-17(8-9-24-18(16)11-13)25-19(27)12-2-1-3-15(10-12)30(28,29)26-14-5-6-14/h1-4,7-11,14,26H,5-6H2,(H,24,25,27). The van der Waals surface area contributed by atoms with Crippen LogP contribution in [0.3, 0.4) is 0 Å². The van der Waals surface area contributed by atoms with Crippen molar-refractivity contribution < 1.29 is 26.4 Å². The van der Waals surface area contributed by atoms with E-state index in [1.165, 1.54) is 42.6 Å². The van der Waals surface area contributed by atoms with E-state index in [2.05, 4.69) is 15.0 Å². The summed E-state index contributed by atoms with van der Waals surface area (Å²) in [5, 5.41) is 2.95.